The van der Waals surface area contributed by atoms with E-state index in [0.717, 1.165) is 21.5 Å². The lowest BCUT2D eigenvalue weighted by atomic mass is 10.2. The molecule has 0 N–H and O–H groups in total. The van der Waals surface area contributed by atoms with Crippen molar-refractivity contribution in [2.75, 3.05) is 0 Å². The van der Waals surface area contributed by atoms with Crippen LogP contribution in [0.15, 0.2) is 47.5 Å². The monoisotopic (exact) mass is 400 g/mol. The Hall–Kier alpha value is -2.88. The Bertz CT molecular complexity index is 1000. The van der Waals surface area contributed by atoms with E-state index in [1.165, 1.54) is 0 Å². The van der Waals surface area contributed by atoms with Gasteiger partial charge in [0, 0.05) is 12.3 Å². The molecule has 0 radical (unpaired) electrons. The van der Waals surface area contributed by atoms with Gasteiger partial charge in [-0.05, 0) is 45.4 Å². The number of hydrogen-bond donors (Lipinski definition) is 0. The molecule has 10 heteroatoms. The third-order valence-electron chi connectivity index (χ3n) is 3.47. The minimum atomic E-state index is -0.134. The smallest absolute Gasteiger partial charge is 0.214 e. The van der Waals surface area contributed by atoms with Gasteiger partial charge in [0.25, 0.3) is 0 Å². The van der Waals surface area contributed by atoms with E-state index >= 15 is 0 Å². The van der Waals surface area contributed by atoms with Gasteiger partial charge in [-0.2, -0.15) is 5.10 Å². The molecular formula is C15H13BrN8O. The average Bonchev–Trinajstić information content (AvgIpc) is 3.25. The first-order valence-corrected chi connectivity index (χ1v) is 8.33. The molecule has 4 rings (SSSR count). The van der Waals surface area contributed by atoms with E-state index in [4.69, 9.17) is 4.74 Å². The molecule has 0 amide bonds. The van der Waals surface area contributed by atoms with E-state index < -0.39 is 0 Å². The predicted molar refractivity (Wildman–Crippen MR) is 91.8 cm³/mol. The highest BCUT2D eigenvalue weighted by molar-refractivity contribution is 9.10. The van der Waals surface area contributed by atoms with Crippen molar-refractivity contribution in [3.05, 3.63) is 47.5 Å². The van der Waals surface area contributed by atoms with Crippen molar-refractivity contribution in [2.24, 2.45) is 0 Å². The Kier molecular flexibility index (Phi) is 4.10. The lowest BCUT2D eigenvalue weighted by Gasteiger charge is -2.13. The molecule has 1 unspecified atom stereocenters. The first-order valence-electron chi connectivity index (χ1n) is 7.54. The molecule has 25 heavy (non-hydrogen) atoms. The molecule has 0 saturated heterocycles. The quantitative estimate of drug-likeness (QED) is 0.505. The van der Waals surface area contributed by atoms with Crippen LogP contribution < -0.4 is 4.74 Å². The maximum absolute atomic E-state index is 5.86. The molecule has 0 bridgehead atoms. The van der Waals surface area contributed by atoms with Crippen LogP contribution >= 0.6 is 15.9 Å². The standard InChI is InChI=1S/C15H13BrN8O/c1-10(8-23-9-17-21-22-23)25-14-4-2-3-12(19-14)13-5-6-24-15(20-13)11(16)7-18-24/h2-7,9-10H,8H2,1H3. The molecule has 0 spiro atoms. The van der Waals surface area contributed by atoms with Crippen LogP contribution in [0.25, 0.3) is 17.0 Å². The van der Waals surface area contributed by atoms with E-state index in [9.17, 15) is 0 Å². The first kappa shape index (κ1) is 15.6. The molecule has 0 saturated carbocycles. The minimum absolute atomic E-state index is 0.134. The summed E-state index contributed by atoms with van der Waals surface area (Å²) >= 11 is 3.44. The van der Waals surface area contributed by atoms with Crippen LogP contribution in [0, 0.1) is 0 Å². The molecule has 126 valence electrons. The van der Waals surface area contributed by atoms with E-state index in [0.29, 0.717) is 12.4 Å². The van der Waals surface area contributed by atoms with Gasteiger partial charge in [-0.3, -0.25) is 0 Å². The Morgan fingerprint density at radius 3 is 2.92 bits per heavy atom. The molecule has 0 aliphatic rings. The molecule has 0 aromatic carbocycles. The summed E-state index contributed by atoms with van der Waals surface area (Å²) in [5.41, 5.74) is 2.20. The van der Waals surface area contributed by atoms with Gasteiger partial charge < -0.3 is 4.74 Å². The first-order chi connectivity index (χ1) is 12.2. The van der Waals surface area contributed by atoms with Gasteiger partial charge in [-0.15, -0.1) is 5.10 Å². The summed E-state index contributed by atoms with van der Waals surface area (Å²) in [5.74, 6) is 0.521. The molecule has 4 aromatic heterocycles. The van der Waals surface area contributed by atoms with Gasteiger partial charge in [0.1, 0.15) is 12.4 Å². The average molecular weight is 401 g/mol. The topological polar surface area (TPSA) is 95.9 Å². The predicted octanol–water partition coefficient (Wildman–Crippen LogP) is 2.01. The number of nitrogens with zero attached hydrogens (tertiary/aromatic N) is 8. The summed E-state index contributed by atoms with van der Waals surface area (Å²) in [6.07, 6.45) is 4.97. The number of halogens is 1. The lowest BCUT2D eigenvalue weighted by Crippen LogP contribution is -2.20. The van der Waals surface area contributed by atoms with Crippen LogP contribution in [0.5, 0.6) is 5.88 Å². The maximum atomic E-state index is 5.86. The number of rotatable bonds is 5. The van der Waals surface area contributed by atoms with E-state index in [1.807, 2.05) is 37.4 Å². The number of hydrogen-bond acceptors (Lipinski definition) is 7. The Labute approximate surface area is 150 Å². The highest BCUT2D eigenvalue weighted by atomic mass is 79.9. The van der Waals surface area contributed by atoms with E-state index in [1.54, 1.807) is 21.7 Å². The van der Waals surface area contributed by atoms with E-state index in [-0.39, 0.29) is 6.10 Å². The fourth-order valence-corrected chi connectivity index (χ4v) is 2.74. The Morgan fingerprint density at radius 2 is 2.08 bits per heavy atom. The number of ether oxygens (including phenoxy) is 1. The normalized spacial score (nSPS) is 12.4. The summed E-state index contributed by atoms with van der Waals surface area (Å²) in [5, 5.41) is 15.2. The molecule has 4 aromatic rings. The molecule has 0 aliphatic carbocycles. The Morgan fingerprint density at radius 1 is 1.20 bits per heavy atom. The second kappa shape index (κ2) is 6.55. The van der Waals surface area contributed by atoms with Crippen molar-refractivity contribution >= 4 is 21.6 Å². The molecular weight excluding hydrogens is 388 g/mol. The van der Waals surface area contributed by atoms with Crippen LogP contribution in [-0.2, 0) is 6.54 Å². The van der Waals surface area contributed by atoms with Gasteiger partial charge >= 0.3 is 0 Å². The van der Waals surface area contributed by atoms with Crippen molar-refractivity contribution in [1.29, 1.82) is 0 Å². The van der Waals surface area contributed by atoms with Crippen molar-refractivity contribution < 1.29 is 4.74 Å². The van der Waals surface area contributed by atoms with Gasteiger partial charge in [-0.1, -0.05) is 6.07 Å². The van der Waals surface area contributed by atoms with Crippen molar-refractivity contribution in [3.8, 4) is 17.3 Å². The minimum Gasteiger partial charge on any atom is -0.473 e. The van der Waals surface area contributed by atoms with Gasteiger partial charge in [0.05, 0.1) is 28.6 Å². The zero-order chi connectivity index (χ0) is 17.2. The molecule has 0 aliphatic heterocycles. The van der Waals surface area contributed by atoms with Crippen molar-refractivity contribution in [2.45, 2.75) is 19.6 Å². The van der Waals surface area contributed by atoms with E-state index in [2.05, 4.69) is 46.5 Å². The van der Waals surface area contributed by atoms with Crippen LogP contribution in [0.1, 0.15) is 6.92 Å². The largest absolute Gasteiger partial charge is 0.473 e. The summed E-state index contributed by atoms with van der Waals surface area (Å²) in [6, 6.07) is 7.45. The number of tetrazole rings is 1. The third-order valence-corrected chi connectivity index (χ3v) is 4.03. The van der Waals surface area contributed by atoms with Crippen LogP contribution in [0.4, 0.5) is 0 Å². The lowest BCUT2D eigenvalue weighted by molar-refractivity contribution is 0.185. The molecule has 0 fully saturated rings. The number of pyridine rings is 1. The number of fused-ring (bicyclic) bond motifs is 1. The maximum Gasteiger partial charge on any atom is 0.214 e. The third kappa shape index (κ3) is 3.33. The second-order valence-corrected chi connectivity index (χ2v) is 6.25. The SMILES string of the molecule is CC(Cn1cnnn1)Oc1cccc(-c2ccn3ncc(Br)c3n2)n1. The van der Waals surface area contributed by atoms with Gasteiger partial charge in [0.2, 0.25) is 5.88 Å². The van der Waals surface area contributed by atoms with Gasteiger partial charge in [0.15, 0.2) is 5.65 Å². The Balaban J connectivity index is 1.56. The van der Waals surface area contributed by atoms with Gasteiger partial charge in [-0.25, -0.2) is 19.2 Å². The summed E-state index contributed by atoms with van der Waals surface area (Å²) in [6.45, 7) is 2.47. The van der Waals surface area contributed by atoms with Crippen LogP contribution in [0.2, 0.25) is 0 Å². The fourth-order valence-electron chi connectivity index (χ4n) is 2.38. The second-order valence-electron chi connectivity index (χ2n) is 5.39. The highest BCUT2D eigenvalue weighted by Crippen LogP contribution is 2.22. The van der Waals surface area contributed by atoms with Crippen molar-refractivity contribution in [3.63, 3.8) is 0 Å². The zero-order valence-corrected chi connectivity index (χ0v) is 14.8. The van der Waals surface area contributed by atoms with Crippen LogP contribution in [-0.4, -0.2) is 45.9 Å². The number of aromatic nitrogens is 8. The van der Waals surface area contributed by atoms with Crippen molar-refractivity contribution in [1.82, 2.24) is 39.8 Å². The molecule has 1 atom stereocenters. The fraction of sp³-hybridized carbons (Fsp3) is 0.200. The summed E-state index contributed by atoms with van der Waals surface area (Å²) in [4.78, 5) is 9.13. The zero-order valence-electron chi connectivity index (χ0n) is 13.2. The molecule has 9 nitrogen and oxygen atoms in total. The summed E-state index contributed by atoms with van der Waals surface area (Å²) in [7, 11) is 0. The van der Waals surface area contributed by atoms with Crippen LogP contribution in [0.3, 0.4) is 0 Å². The highest BCUT2D eigenvalue weighted by Gasteiger charge is 2.10. The summed E-state index contributed by atoms with van der Waals surface area (Å²) < 4.78 is 10.0. The molecule has 4 heterocycles.